The van der Waals surface area contributed by atoms with Crippen LogP contribution in [0.1, 0.15) is 37.3 Å². The first-order valence-electron chi connectivity index (χ1n) is 15.0. The summed E-state index contributed by atoms with van der Waals surface area (Å²) < 4.78 is 10.3. The summed E-state index contributed by atoms with van der Waals surface area (Å²) in [5.74, 6) is -1.45. The Kier molecular flexibility index (Phi) is 15.0. The highest BCUT2D eigenvalue weighted by atomic mass is 32.2. The standard InChI is InChI=1S/C33H42N4O7S/c1-3-43-29(38)15-14-26(21-25-16-18-34-30(25)39)35-31(40)27(17-19-45-2)36-32(41)28(20-23-10-6-4-7-11-23)37-33(42)44-22-24-12-8-5-9-13-24/h4-15,25-28H,3,16-22H2,1-2H3,(H,34,39)(H,35,40)(H,36,41)(H,37,42)/t25-,26+,27-,28-/m0/s1. The molecular formula is C33H42N4O7S. The molecule has 1 aliphatic rings. The Morgan fingerprint density at radius 1 is 0.933 bits per heavy atom. The SMILES string of the molecule is CCOC(=O)C=C[C@H](C[C@@H]1CCNC1=O)NC(=O)[C@H](CCSC)NC(=O)[C@H](Cc1ccccc1)NC(=O)OCc1ccccc1. The molecule has 3 rings (SSSR count). The first-order valence-corrected chi connectivity index (χ1v) is 16.4. The van der Waals surface area contributed by atoms with Crippen LogP contribution in [0.3, 0.4) is 0 Å². The van der Waals surface area contributed by atoms with Crippen LogP contribution in [0.4, 0.5) is 4.79 Å². The van der Waals surface area contributed by atoms with Crippen molar-refractivity contribution in [3.05, 3.63) is 83.9 Å². The zero-order valence-electron chi connectivity index (χ0n) is 25.7. The van der Waals surface area contributed by atoms with Crippen molar-refractivity contribution in [2.24, 2.45) is 5.92 Å². The van der Waals surface area contributed by atoms with E-state index in [0.717, 1.165) is 11.1 Å². The molecule has 11 nitrogen and oxygen atoms in total. The molecule has 1 heterocycles. The number of alkyl carbamates (subject to hydrolysis) is 1. The molecule has 1 fully saturated rings. The molecule has 0 aromatic heterocycles. The number of benzene rings is 2. The molecule has 4 atom stereocenters. The lowest BCUT2D eigenvalue weighted by Gasteiger charge is -2.25. The number of carbonyl (C=O) groups excluding carboxylic acids is 5. The fraction of sp³-hybridized carbons (Fsp3) is 0.424. The summed E-state index contributed by atoms with van der Waals surface area (Å²) in [7, 11) is 0. The minimum atomic E-state index is -1.03. The summed E-state index contributed by atoms with van der Waals surface area (Å²) in [4.78, 5) is 64.2. The smallest absolute Gasteiger partial charge is 0.408 e. The molecule has 45 heavy (non-hydrogen) atoms. The first kappa shape index (κ1) is 35.2. The quantitative estimate of drug-likeness (QED) is 0.153. The fourth-order valence-electron chi connectivity index (χ4n) is 4.77. The van der Waals surface area contributed by atoms with Crippen molar-refractivity contribution >= 4 is 41.5 Å². The molecule has 4 amide bonds. The fourth-order valence-corrected chi connectivity index (χ4v) is 5.24. The van der Waals surface area contributed by atoms with Gasteiger partial charge in [0.1, 0.15) is 18.7 Å². The van der Waals surface area contributed by atoms with Gasteiger partial charge in [0, 0.05) is 31.0 Å². The van der Waals surface area contributed by atoms with E-state index in [1.165, 1.54) is 23.9 Å². The van der Waals surface area contributed by atoms with Gasteiger partial charge in [0.15, 0.2) is 0 Å². The lowest BCUT2D eigenvalue weighted by atomic mass is 9.97. The molecular weight excluding hydrogens is 596 g/mol. The largest absolute Gasteiger partial charge is 0.463 e. The van der Waals surface area contributed by atoms with Crippen LogP contribution in [0.25, 0.3) is 0 Å². The lowest BCUT2D eigenvalue weighted by molar-refractivity contribution is -0.137. The Labute approximate surface area is 268 Å². The molecule has 1 saturated heterocycles. The Morgan fingerprint density at radius 3 is 2.22 bits per heavy atom. The second kappa shape index (κ2) is 19.1. The van der Waals surface area contributed by atoms with Gasteiger partial charge in [0.05, 0.1) is 6.61 Å². The number of esters is 1. The van der Waals surface area contributed by atoms with E-state index in [2.05, 4.69) is 21.3 Å². The minimum Gasteiger partial charge on any atom is -0.463 e. The van der Waals surface area contributed by atoms with Gasteiger partial charge >= 0.3 is 12.1 Å². The third-order valence-electron chi connectivity index (χ3n) is 7.13. The third kappa shape index (κ3) is 12.7. The topological polar surface area (TPSA) is 152 Å². The summed E-state index contributed by atoms with van der Waals surface area (Å²) in [5.41, 5.74) is 1.61. The lowest BCUT2D eigenvalue weighted by Crippen LogP contribution is -2.55. The zero-order valence-corrected chi connectivity index (χ0v) is 26.5. The van der Waals surface area contributed by atoms with Gasteiger partial charge in [-0.1, -0.05) is 66.7 Å². The van der Waals surface area contributed by atoms with E-state index >= 15 is 0 Å². The van der Waals surface area contributed by atoms with Gasteiger partial charge in [-0.05, 0) is 49.3 Å². The van der Waals surface area contributed by atoms with Gasteiger partial charge < -0.3 is 30.7 Å². The Balaban J connectivity index is 1.73. The Morgan fingerprint density at radius 2 is 1.60 bits per heavy atom. The molecule has 2 aromatic carbocycles. The number of nitrogens with one attached hydrogen (secondary N) is 4. The van der Waals surface area contributed by atoms with Crippen LogP contribution in [0.5, 0.6) is 0 Å². The van der Waals surface area contributed by atoms with E-state index in [9.17, 15) is 24.0 Å². The van der Waals surface area contributed by atoms with Crippen LogP contribution >= 0.6 is 11.8 Å². The number of hydrogen-bond donors (Lipinski definition) is 4. The molecule has 4 N–H and O–H groups in total. The molecule has 0 spiro atoms. The average molecular weight is 639 g/mol. The van der Waals surface area contributed by atoms with Gasteiger partial charge in [0.25, 0.3) is 0 Å². The van der Waals surface area contributed by atoms with Gasteiger partial charge in [-0.2, -0.15) is 11.8 Å². The molecule has 1 aliphatic heterocycles. The van der Waals surface area contributed by atoms with Crippen LogP contribution in [-0.2, 0) is 41.7 Å². The van der Waals surface area contributed by atoms with E-state index in [0.29, 0.717) is 25.1 Å². The van der Waals surface area contributed by atoms with Crippen LogP contribution < -0.4 is 21.3 Å². The number of hydrogen-bond acceptors (Lipinski definition) is 8. The van der Waals surface area contributed by atoms with Crippen molar-refractivity contribution in [3.63, 3.8) is 0 Å². The van der Waals surface area contributed by atoms with E-state index in [4.69, 9.17) is 9.47 Å². The highest BCUT2D eigenvalue weighted by Crippen LogP contribution is 2.17. The van der Waals surface area contributed by atoms with Gasteiger partial charge in [-0.25, -0.2) is 9.59 Å². The zero-order chi connectivity index (χ0) is 32.4. The number of thioether (sulfide) groups is 1. The van der Waals surface area contributed by atoms with Crippen LogP contribution in [0.15, 0.2) is 72.8 Å². The maximum atomic E-state index is 13.6. The Bertz CT molecular complexity index is 1290. The van der Waals surface area contributed by atoms with Gasteiger partial charge in [-0.3, -0.25) is 14.4 Å². The molecule has 0 aliphatic carbocycles. The van der Waals surface area contributed by atoms with E-state index < -0.39 is 42.0 Å². The molecule has 0 radical (unpaired) electrons. The van der Waals surface area contributed by atoms with Crippen molar-refractivity contribution < 1.29 is 33.4 Å². The van der Waals surface area contributed by atoms with E-state index in [-0.39, 0.29) is 37.9 Å². The Hall–Kier alpha value is -4.32. The molecule has 12 heteroatoms. The predicted octanol–water partition coefficient (Wildman–Crippen LogP) is 2.89. The van der Waals surface area contributed by atoms with E-state index in [1.54, 1.807) is 6.92 Å². The first-order chi connectivity index (χ1) is 21.8. The second-order valence-electron chi connectivity index (χ2n) is 10.5. The predicted molar refractivity (Wildman–Crippen MR) is 172 cm³/mol. The number of amides is 4. The maximum Gasteiger partial charge on any atom is 0.408 e. The molecule has 242 valence electrons. The van der Waals surface area contributed by atoms with Crippen molar-refractivity contribution in [1.82, 2.24) is 21.3 Å². The van der Waals surface area contributed by atoms with Gasteiger partial charge in [0.2, 0.25) is 17.7 Å². The monoisotopic (exact) mass is 638 g/mol. The van der Waals surface area contributed by atoms with Crippen LogP contribution in [-0.4, -0.2) is 73.1 Å². The van der Waals surface area contributed by atoms with Crippen molar-refractivity contribution in [2.45, 2.75) is 57.3 Å². The normalized spacial score (nSPS) is 16.2. The molecule has 0 bridgehead atoms. The van der Waals surface area contributed by atoms with Crippen molar-refractivity contribution in [2.75, 3.05) is 25.2 Å². The summed E-state index contributed by atoms with van der Waals surface area (Å²) in [5, 5.41) is 11.2. The summed E-state index contributed by atoms with van der Waals surface area (Å²) in [6.45, 7) is 2.47. The molecule has 0 unspecified atom stereocenters. The van der Waals surface area contributed by atoms with E-state index in [1.807, 2.05) is 66.9 Å². The van der Waals surface area contributed by atoms with Crippen LogP contribution in [0, 0.1) is 5.92 Å². The van der Waals surface area contributed by atoms with Gasteiger partial charge in [-0.15, -0.1) is 0 Å². The van der Waals surface area contributed by atoms with Crippen molar-refractivity contribution in [3.8, 4) is 0 Å². The van der Waals surface area contributed by atoms with Crippen LogP contribution in [0.2, 0.25) is 0 Å². The molecule has 2 aromatic rings. The van der Waals surface area contributed by atoms with Crippen molar-refractivity contribution in [1.29, 1.82) is 0 Å². The highest BCUT2D eigenvalue weighted by molar-refractivity contribution is 7.98. The number of ether oxygens (including phenoxy) is 2. The summed E-state index contributed by atoms with van der Waals surface area (Å²) in [6.07, 6.45) is 5.25. The highest BCUT2D eigenvalue weighted by Gasteiger charge is 2.31. The summed E-state index contributed by atoms with van der Waals surface area (Å²) >= 11 is 1.52. The minimum absolute atomic E-state index is 0.0326. The third-order valence-corrected chi connectivity index (χ3v) is 7.77. The second-order valence-corrected chi connectivity index (χ2v) is 11.5. The molecule has 0 saturated carbocycles. The summed E-state index contributed by atoms with van der Waals surface area (Å²) in [6, 6.07) is 15.8. The maximum absolute atomic E-state index is 13.6. The average Bonchev–Trinajstić information content (AvgIpc) is 3.45. The number of carbonyl (C=O) groups is 5. The number of rotatable bonds is 17.